The smallest absolute Gasteiger partial charge is 0.150 e. The third kappa shape index (κ3) is 2.70. The zero-order chi connectivity index (χ0) is 10.4. The van der Waals surface area contributed by atoms with Gasteiger partial charge in [0.2, 0.25) is 0 Å². The van der Waals surface area contributed by atoms with Crippen LogP contribution in [0.1, 0.15) is 0 Å². The number of nitrogens with zero attached hydrogens (tertiary/aromatic N) is 1. The summed E-state index contributed by atoms with van der Waals surface area (Å²) in [6.07, 6.45) is -0.968. The van der Waals surface area contributed by atoms with E-state index in [1.165, 1.54) is 0 Å². The highest BCUT2D eigenvalue weighted by molar-refractivity contribution is 5.46. The summed E-state index contributed by atoms with van der Waals surface area (Å²) in [5.74, 6) is 0. The Morgan fingerprint density at radius 2 is 1.79 bits per heavy atom. The van der Waals surface area contributed by atoms with Gasteiger partial charge in [0.15, 0.2) is 0 Å². The van der Waals surface area contributed by atoms with Crippen LogP contribution in [-0.2, 0) is 0 Å². The molecule has 0 heterocycles. The van der Waals surface area contributed by atoms with Gasteiger partial charge in [0.1, 0.15) is 6.23 Å². The van der Waals surface area contributed by atoms with E-state index in [0.29, 0.717) is 6.54 Å². The van der Waals surface area contributed by atoms with E-state index in [0.717, 1.165) is 5.69 Å². The number of hydrogen-bond acceptors (Lipinski definition) is 4. The van der Waals surface area contributed by atoms with Gasteiger partial charge in [-0.25, -0.2) is 0 Å². The van der Waals surface area contributed by atoms with Gasteiger partial charge in [-0.1, -0.05) is 18.2 Å². The van der Waals surface area contributed by atoms with Crippen molar-refractivity contribution in [3.8, 4) is 0 Å². The molecule has 0 aliphatic carbocycles. The molecule has 4 heteroatoms. The molecule has 1 atom stereocenters. The Morgan fingerprint density at radius 3 is 2.29 bits per heavy atom. The fraction of sp³-hybridized carbons (Fsp3) is 0.400. The number of anilines is 1. The molecule has 14 heavy (non-hydrogen) atoms. The van der Waals surface area contributed by atoms with Crippen LogP contribution in [0.5, 0.6) is 0 Å². The molecule has 0 aromatic heterocycles. The second-order valence-electron chi connectivity index (χ2n) is 2.92. The lowest BCUT2D eigenvalue weighted by molar-refractivity contribution is 0.0881. The Balaban J connectivity index is 2.77. The summed E-state index contributed by atoms with van der Waals surface area (Å²) in [5, 5.41) is 27.1. The first-order valence-corrected chi connectivity index (χ1v) is 4.51. The second kappa shape index (κ2) is 5.59. The highest BCUT2D eigenvalue weighted by Crippen LogP contribution is 2.14. The molecular weight excluding hydrogens is 182 g/mol. The van der Waals surface area contributed by atoms with E-state index in [2.05, 4.69) is 0 Å². The Labute approximate surface area is 83.0 Å². The topological polar surface area (TPSA) is 63.9 Å². The van der Waals surface area contributed by atoms with Gasteiger partial charge in [-0.2, -0.15) is 0 Å². The van der Waals surface area contributed by atoms with Crippen LogP contribution in [0, 0.1) is 0 Å². The number of aliphatic hydroxyl groups excluding tert-OH is 3. The molecule has 78 valence electrons. The summed E-state index contributed by atoms with van der Waals surface area (Å²) in [6.45, 7) is -0.118. The maximum absolute atomic E-state index is 9.47. The van der Waals surface area contributed by atoms with Crippen molar-refractivity contribution in [1.29, 1.82) is 0 Å². The second-order valence-corrected chi connectivity index (χ2v) is 2.92. The average molecular weight is 197 g/mol. The first-order chi connectivity index (χ1) is 6.79. The van der Waals surface area contributed by atoms with Gasteiger partial charge in [0.05, 0.1) is 13.2 Å². The third-order valence-corrected chi connectivity index (χ3v) is 1.95. The van der Waals surface area contributed by atoms with Crippen molar-refractivity contribution in [3.05, 3.63) is 30.3 Å². The monoisotopic (exact) mass is 197 g/mol. The molecular formula is C10H15NO3. The fourth-order valence-corrected chi connectivity index (χ4v) is 1.28. The predicted octanol–water partition coefficient (Wildman–Crippen LogP) is -0.204. The zero-order valence-corrected chi connectivity index (χ0v) is 7.87. The van der Waals surface area contributed by atoms with E-state index in [1.807, 2.05) is 30.3 Å². The van der Waals surface area contributed by atoms with Crippen LogP contribution < -0.4 is 4.90 Å². The van der Waals surface area contributed by atoms with Crippen molar-refractivity contribution < 1.29 is 15.3 Å². The van der Waals surface area contributed by atoms with Gasteiger partial charge >= 0.3 is 0 Å². The van der Waals surface area contributed by atoms with E-state index in [4.69, 9.17) is 10.2 Å². The van der Waals surface area contributed by atoms with Crippen LogP contribution in [0.2, 0.25) is 0 Å². The number of rotatable bonds is 5. The Morgan fingerprint density at radius 1 is 1.14 bits per heavy atom. The van der Waals surface area contributed by atoms with E-state index in [9.17, 15) is 5.11 Å². The maximum Gasteiger partial charge on any atom is 0.150 e. The maximum atomic E-state index is 9.47. The zero-order valence-electron chi connectivity index (χ0n) is 7.87. The molecule has 1 aromatic carbocycles. The van der Waals surface area contributed by atoms with Gasteiger partial charge < -0.3 is 20.2 Å². The molecule has 1 rings (SSSR count). The van der Waals surface area contributed by atoms with E-state index in [1.54, 1.807) is 4.90 Å². The highest BCUT2D eigenvalue weighted by atomic mass is 16.3. The third-order valence-electron chi connectivity index (χ3n) is 1.95. The van der Waals surface area contributed by atoms with Crippen LogP contribution in [-0.4, -0.2) is 41.3 Å². The van der Waals surface area contributed by atoms with E-state index < -0.39 is 6.23 Å². The molecule has 0 bridgehead atoms. The van der Waals surface area contributed by atoms with Gasteiger partial charge in [0.25, 0.3) is 0 Å². The van der Waals surface area contributed by atoms with Gasteiger partial charge in [0, 0.05) is 12.2 Å². The minimum atomic E-state index is -0.968. The number of aliphatic hydroxyl groups is 3. The number of para-hydroxylation sites is 1. The average Bonchev–Trinajstić information content (AvgIpc) is 2.26. The minimum Gasteiger partial charge on any atom is -0.395 e. The lowest BCUT2D eigenvalue weighted by atomic mass is 10.3. The molecule has 3 N–H and O–H groups in total. The first kappa shape index (κ1) is 11.0. The fourth-order valence-electron chi connectivity index (χ4n) is 1.28. The number of benzene rings is 1. The summed E-state index contributed by atoms with van der Waals surface area (Å²) in [5.41, 5.74) is 0.781. The Kier molecular flexibility index (Phi) is 4.39. The van der Waals surface area contributed by atoms with Crippen molar-refractivity contribution in [2.75, 3.05) is 24.7 Å². The highest BCUT2D eigenvalue weighted by Gasteiger charge is 2.13. The molecule has 0 radical (unpaired) electrons. The quantitative estimate of drug-likeness (QED) is 0.572. The van der Waals surface area contributed by atoms with Crippen LogP contribution in [0.3, 0.4) is 0 Å². The summed E-state index contributed by atoms with van der Waals surface area (Å²) >= 11 is 0. The summed E-state index contributed by atoms with van der Waals surface area (Å²) in [7, 11) is 0. The molecule has 1 aromatic rings. The summed E-state index contributed by atoms with van der Waals surface area (Å²) in [6, 6.07) is 9.17. The van der Waals surface area contributed by atoms with Crippen molar-refractivity contribution >= 4 is 5.69 Å². The molecule has 0 amide bonds. The molecule has 0 aliphatic heterocycles. The van der Waals surface area contributed by atoms with Crippen LogP contribution >= 0.6 is 0 Å². The molecule has 0 saturated carbocycles. The molecule has 0 fully saturated rings. The molecule has 0 aliphatic rings. The largest absolute Gasteiger partial charge is 0.395 e. The lowest BCUT2D eigenvalue weighted by Gasteiger charge is -2.28. The van der Waals surface area contributed by atoms with Gasteiger partial charge in [-0.15, -0.1) is 0 Å². The van der Waals surface area contributed by atoms with Crippen LogP contribution in [0.15, 0.2) is 30.3 Å². The standard InChI is InChI=1S/C10H15NO3/c12-7-6-11(10(14)8-13)9-4-2-1-3-5-9/h1-5,10,12-14H,6-8H2. The SMILES string of the molecule is OCCN(c1ccccc1)C(O)CO. The normalized spacial score (nSPS) is 12.5. The number of hydrogen-bond donors (Lipinski definition) is 3. The molecule has 0 saturated heterocycles. The molecule has 4 nitrogen and oxygen atoms in total. The minimum absolute atomic E-state index is 0.0635. The molecule has 1 unspecified atom stereocenters. The van der Waals surface area contributed by atoms with Crippen molar-refractivity contribution in [3.63, 3.8) is 0 Å². The van der Waals surface area contributed by atoms with Gasteiger partial charge in [-0.3, -0.25) is 0 Å². The summed E-state index contributed by atoms with van der Waals surface area (Å²) < 4.78 is 0. The first-order valence-electron chi connectivity index (χ1n) is 4.51. The van der Waals surface area contributed by atoms with Crippen LogP contribution in [0.25, 0.3) is 0 Å². The predicted molar refractivity (Wildman–Crippen MR) is 54.0 cm³/mol. The molecule has 0 spiro atoms. The van der Waals surface area contributed by atoms with Gasteiger partial charge in [-0.05, 0) is 12.1 Å². The lowest BCUT2D eigenvalue weighted by Crippen LogP contribution is -2.39. The van der Waals surface area contributed by atoms with E-state index >= 15 is 0 Å². The Bertz CT molecular complexity index is 253. The van der Waals surface area contributed by atoms with Crippen molar-refractivity contribution in [1.82, 2.24) is 0 Å². The Hall–Kier alpha value is -1.10. The van der Waals surface area contributed by atoms with Crippen molar-refractivity contribution in [2.45, 2.75) is 6.23 Å². The van der Waals surface area contributed by atoms with E-state index in [-0.39, 0.29) is 13.2 Å². The van der Waals surface area contributed by atoms with Crippen LogP contribution in [0.4, 0.5) is 5.69 Å². The summed E-state index contributed by atoms with van der Waals surface area (Å²) in [4.78, 5) is 1.54. The van der Waals surface area contributed by atoms with Crippen molar-refractivity contribution in [2.24, 2.45) is 0 Å².